The van der Waals surface area contributed by atoms with Crippen LogP contribution in [0.3, 0.4) is 0 Å². The second kappa shape index (κ2) is 7.54. The van der Waals surface area contributed by atoms with Gasteiger partial charge in [-0.15, -0.1) is 0 Å². The van der Waals surface area contributed by atoms with E-state index in [0.29, 0.717) is 31.1 Å². The second-order valence-corrected chi connectivity index (χ2v) is 6.31. The Hall–Kier alpha value is -0.680. The molecule has 0 atom stereocenters. The topological polar surface area (TPSA) is 34.2 Å². The Bertz CT molecular complexity index is 652. The maximum atomic E-state index is 6.13. The Balaban J connectivity index is 2.30. The lowest BCUT2D eigenvalue weighted by Crippen LogP contribution is -2.03. The van der Waals surface area contributed by atoms with E-state index in [4.69, 9.17) is 39.5 Å². The largest absolute Gasteiger partial charge is 0.436 e. The van der Waals surface area contributed by atoms with Gasteiger partial charge in [0.1, 0.15) is 16.6 Å². The van der Waals surface area contributed by atoms with E-state index in [1.165, 1.54) is 0 Å². The van der Waals surface area contributed by atoms with Gasteiger partial charge in [0.15, 0.2) is 0 Å². The first-order valence-electron chi connectivity index (χ1n) is 6.24. The first-order chi connectivity index (χ1) is 10.0. The monoisotopic (exact) mass is 408 g/mol. The number of benzene rings is 1. The lowest BCUT2D eigenvalue weighted by Gasteiger charge is -2.12. The van der Waals surface area contributed by atoms with Crippen LogP contribution in [0.15, 0.2) is 28.7 Å². The van der Waals surface area contributed by atoms with E-state index in [1.807, 2.05) is 0 Å². The van der Waals surface area contributed by atoms with Crippen LogP contribution in [0.5, 0.6) is 11.6 Å². The smallest absolute Gasteiger partial charge is 0.240 e. The van der Waals surface area contributed by atoms with Crippen molar-refractivity contribution in [2.45, 2.75) is 13.3 Å². The third kappa shape index (κ3) is 4.39. The normalized spacial score (nSPS) is 10.5. The van der Waals surface area contributed by atoms with Crippen LogP contribution in [0.25, 0.3) is 0 Å². The molecule has 0 amide bonds. The van der Waals surface area contributed by atoms with E-state index < -0.39 is 0 Å². The highest BCUT2D eigenvalue weighted by Crippen LogP contribution is 2.36. The zero-order valence-electron chi connectivity index (χ0n) is 11.1. The number of anilines is 1. The first kappa shape index (κ1) is 16.7. The van der Waals surface area contributed by atoms with Crippen molar-refractivity contribution in [2.75, 3.05) is 11.9 Å². The molecule has 2 rings (SSSR count). The predicted molar refractivity (Wildman–Crippen MR) is 92.3 cm³/mol. The fourth-order valence-electron chi connectivity index (χ4n) is 1.55. The summed E-state index contributed by atoms with van der Waals surface area (Å²) in [6.45, 7) is 2.82. The van der Waals surface area contributed by atoms with Crippen LogP contribution in [-0.2, 0) is 0 Å². The molecule has 0 spiro atoms. The summed E-state index contributed by atoms with van der Waals surface area (Å²) in [6.07, 6.45) is 0.958. The number of ether oxygens (including phenoxy) is 1. The van der Waals surface area contributed by atoms with Gasteiger partial charge in [0, 0.05) is 11.6 Å². The van der Waals surface area contributed by atoms with Gasteiger partial charge in [0.25, 0.3) is 0 Å². The molecule has 0 aliphatic rings. The summed E-state index contributed by atoms with van der Waals surface area (Å²) < 4.78 is 6.44. The lowest BCUT2D eigenvalue weighted by atomic mass is 10.3. The van der Waals surface area contributed by atoms with Crippen LogP contribution in [-0.4, -0.2) is 11.5 Å². The fourth-order valence-corrected chi connectivity index (χ4v) is 2.78. The van der Waals surface area contributed by atoms with E-state index in [2.05, 4.69) is 33.2 Å². The molecule has 1 aromatic carbocycles. The minimum atomic E-state index is 0.280. The molecule has 112 valence electrons. The van der Waals surface area contributed by atoms with Gasteiger partial charge in [0.05, 0.1) is 9.50 Å². The predicted octanol–water partition coefficient (Wildman–Crippen LogP) is 6.42. The molecule has 0 fully saturated rings. The highest BCUT2D eigenvalue weighted by Gasteiger charge is 2.12. The molecule has 0 saturated heterocycles. The van der Waals surface area contributed by atoms with Crippen molar-refractivity contribution >= 4 is 56.6 Å². The summed E-state index contributed by atoms with van der Waals surface area (Å²) in [5, 5.41) is 4.52. The number of aromatic nitrogens is 1. The molecule has 2 aromatic rings. The molecule has 0 unspecified atom stereocenters. The van der Waals surface area contributed by atoms with Gasteiger partial charge in [0.2, 0.25) is 5.88 Å². The average molecular weight is 411 g/mol. The zero-order chi connectivity index (χ0) is 15.4. The molecule has 0 bridgehead atoms. The molecule has 0 saturated carbocycles. The molecule has 1 N–H and O–H groups in total. The SMILES string of the molecule is CCCNc1nc(Oc2ccc(Cl)cc2Br)c(Cl)cc1Cl. The molecule has 1 aromatic heterocycles. The number of nitrogens with one attached hydrogen (secondary N) is 1. The van der Waals surface area contributed by atoms with Crippen LogP contribution in [0.2, 0.25) is 15.1 Å². The highest BCUT2D eigenvalue weighted by molar-refractivity contribution is 9.10. The summed E-state index contributed by atoms with van der Waals surface area (Å²) >= 11 is 21.5. The molecule has 0 aliphatic carbocycles. The van der Waals surface area contributed by atoms with Crippen LogP contribution in [0.1, 0.15) is 13.3 Å². The van der Waals surface area contributed by atoms with Crippen molar-refractivity contribution in [3.63, 3.8) is 0 Å². The number of rotatable bonds is 5. The maximum absolute atomic E-state index is 6.13. The molecule has 3 nitrogen and oxygen atoms in total. The van der Waals surface area contributed by atoms with E-state index in [9.17, 15) is 0 Å². The van der Waals surface area contributed by atoms with Crippen LogP contribution in [0.4, 0.5) is 5.82 Å². The van der Waals surface area contributed by atoms with E-state index >= 15 is 0 Å². The Morgan fingerprint density at radius 2 is 1.95 bits per heavy atom. The van der Waals surface area contributed by atoms with Gasteiger partial charge >= 0.3 is 0 Å². The van der Waals surface area contributed by atoms with Crippen LogP contribution >= 0.6 is 50.7 Å². The Kier molecular flexibility index (Phi) is 5.99. The van der Waals surface area contributed by atoms with Gasteiger partial charge < -0.3 is 10.1 Å². The average Bonchev–Trinajstić information content (AvgIpc) is 2.43. The molecule has 21 heavy (non-hydrogen) atoms. The third-order valence-corrected chi connectivity index (χ3v) is 3.95. The molecular weight excluding hydrogens is 398 g/mol. The maximum Gasteiger partial charge on any atom is 0.240 e. The summed E-state index contributed by atoms with van der Waals surface area (Å²) in [5.41, 5.74) is 0. The Labute approximate surface area is 146 Å². The zero-order valence-corrected chi connectivity index (χ0v) is 14.9. The van der Waals surface area contributed by atoms with Crippen molar-refractivity contribution in [1.82, 2.24) is 4.98 Å². The summed E-state index contributed by atoms with van der Waals surface area (Å²) in [5.74, 6) is 1.39. The minimum absolute atomic E-state index is 0.280. The van der Waals surface area contributed by atoms with Gasteiger partial charge in [-0.2, -0.15) is 4.98 Å². The highest BCUT2D eigenvalue weighted by atomic mass is 79.9. The van der Waals surface area contributed by atoms with Crippen molar-refractivity contribution < 1.29 is 4.74 Å². The Morgan fingerprint density at radius 3 is 2.62 bits per heavy atom. The second-order valence-electron chi connectivity index (χ2n) is 4.21. The summed E-state index contributed by atoms with van der Waals surface area (Å²) in [4.78, 5) is 4.32. The van der Waals surface area contributed by atoms with E-state index in [-0.39, 0.29) is 5.88 Å². The fraction of sp³-hybridized carbons (Fsp3) is 0.214. The molecule has 1 heterocycles. The minimum Gasteiger partial charge on any atom is -0.436 e. The standard InChI is InChI=1S/C14H12BrCl3N2O/c1-2-5-19-13-10(17)7-11(18)14(20-13)21-12-4-3-8(16)6-9(12)15/h3-4,6-7H,2,5H2,1H3,(H,19,20). The summed E-state index contributed by atoms with van der Waals surface area (Å²) in [7, 11) is 0. The Morgan fingerprint density at radius 1 is 1.19 bits per heavy atom. The molecular formula is C14H12BrCl3N2O. The molecule has 0 radical (unpaired) electrons. The summed E-state index contributed by atoms with van der Waals surface area (Å²) in [6, 6.07) is 6.80. The molecule has 0 aliphatic heterocycles. The number of hydrogen-bond donors (Lipinski definition) is 1. The quantitative estimate of drug-likeness (QED) is 0.618. The number of nitrogens with zero attached hydrogens (tertiary/aromatic N) is 1. The first-order valence-corrected chi connectivity index (χ1v) is 8.16. The van der Waals surface area contributed by atoms with Crippen molar-refractivity contribution in [3.05, 3.63) is 43.8 Å². The molecule has 7 heteroatoms. The third-order valence-electron chi connectivity index (χ3n) is 2.54. The lowest BCUT2D eigenvalue weighted by molar-refractivity contribution is 0.461. The van der Waals surface area contributed by atoms with Gasteiger partial charge in [-0.05, 0) is 46.6 Å². The van der Waals surface area contributed by atoms with Gasteiger partial charge in [-0.3, -0.25) is 0 Å². The van der Waals surface area contributed by atoms with Gasteiger partial charge in [-0.1, -0.05) is 41.7 Å². The van der Waals surface area contributed by atoms with Crippen LogP contribution in [0, 0.1) is 0 Å². The van der Waals surface area contributed by atoms with Crippen molar-refractivity contribution in [3.8, 4) is 11.6 Å². The van der Waals surface area contributed by atoms with Gasteiger partial charge in [-0.25, -0.2) is 0 Å². The number of halogens is 4. The number of hydrogen-bond acceptors (Lipinski definition) is 3. The van der Waals surface area contributed by atoms with Crippen molar-refractivity contribution in [2.24, 2.45) is 0 Å². The van der Waals surface area contributed by atoms with E-state index in [1.54, 1.807) is 24.3 Å². The van der Waals surface area contributed by atoms with Crippen LogP contribution < -0.4 is 10.1 Å². The van der Waals surface area contributed by atoms with Crippen molar-refractivity contribution in [1.29, 1.82) is 0 Å². The number of pyridine rings is 1. The van der Waals surface area contributed by atoms with E-state index in [0.717, 1.165) is 13.0 Å².